The number of nitrogens with zero attached hydrogens (tertiary/aromatic N) is 3. The second kappa shape index (κ2) is 5.41. The highest BCUT2D eigenvalue weighted by atomic mass is 127. The second-order valence-electron chi connectivity index (χ2n) is 5.39. The molecule has 1 saturated heterocycles. The summed E-state index contributed by atoms with van der Waals surface area (Å²) >= 11 is 2.20. The maximum atomic E-state index is 12.3. The van der Waals surface area contributed by atoms with E-state index in [0.29, 0.717) is 25.9 Å². The molecule has 3 rings (SSSR count). The lowest BCUT2D eigenvalue weighted by Crippen LogP contribution is -2.60. The van der Waals surface area contributed by atoms with E-state index in [1.54, 1.807) is 4.90 Å². The minimum atomic E-state index is -0.949. The Morgan fingerprint density at radius 3 is 2.41 bits per heavy atom. The topological polar surface area (TPSA) is 99.2 Å². The summed E-state index contributed by atoms with van der Waals surface area (Å²) in [7, 11) is 0. The van der Waals surface area contributed by atoms with Crippen molar-refractivity contribution < 1.29 is 14.7 Å². The molecule has 1 aromatic rings. The SMILES string of the molecule is NC1=NC(=O)N(c2ccc(I)cc2)C12CCN(C(=O)O)CC2. The lowest BCUT2D eigenvalue weighted by atomic mass is 9.85. The van der Waals surface area contributed by atoms with Crippen LogP contribution in [-0.4, -0.2) is 46.6 Å². The number of piperidine rings is 1. The molecule has 8 heteroatoms. The molecule has 116 valence electrons. The summed E-state index contributed by atoms with van der Waals surface area (Å²) in [6.07, 6.45) is -0.0471. The van der Waals surface area contributed by atoms with Gasteiger partial charge in [0, 0.05) is 22.3 Å². The predicted octanol–water partition coefficient (Wildman–Crippen LogP) is 2.10. The molecule has 0 saturated carbocycles. The molecule has 3 amide bonds. The summed E-state index contributed by atoms with van der Waals surface area (Å²) in [6.45, 7) is 0.666. The molecule has 0 aliphatic carbocycles. The number of anilines is 1. The van der Waals surface area contributed by atoms with Crippen molar-refractivity contribution in [2.45, 2.75) is 18.4 Å². The van der Waals surface area contributed by atoms with E-state index in [0.717, 1.165) is 9.26 Å². The van der Waals surface area contributed by atoms with Crippen LogP contribution >= 0.6 is 22.6 Å². The molecule has 0 radical (unpaired) electrons. The van der Waals surface area contributed by atoms with Crippen molar-refractivity contribution in [2.75, 3.05) is 18.0 Å². The standard InChI is InChI=1S/C14H15IN4O3/c15-9-1-3-10(4-2-9)19-12(20)17-11(16)14(19)5-7-18(8-6-14)13(21)22/h1-4H,5-8H2,(H,21,22)(H2,16,17,20). The van der Waals surface area contributed by atoms with Gasteiger partial charge in [-0.3, -0.25) is 4.90 Å². The van der Waals surface area contributed by atoms with Crippen LogP contribution in [0.4, 0.5) is 15.3 Å². The fourth-order valence-corrected chi connectivity index (χ4v) is 3.41. The monoisotopic (exact) mass is 414 g/mol. The number of hydrogen-bond donors (Lipinski definition) is 2. The number of carbonyl (C=O) groups excluding carboxylic acids is 1. The first-order valence-corrected chi connectivity index (χ1v) is 7.94. The molecule has 7 nitrogen and oxygen atoms in total. The molecule has 1 spiro atoms. The average molecular weight is 414 g/mol. The number of halogens is 1. The van der Waals surface area contributed by atoms with E-state index < -0.39 is 11.6 Å². The zero-order valence-electron chi connectivity index (χ0n) is 11.7. The van der Waals surface area contributed by atoms with Gasteiger partial charge in [-0.15, -0.1) is 0 Å². The third-order valence-corrected chi connectivity index (χ3v) is 4.98. The highest BCUT2D eigenvalue weighted by molar-refractivity contribution is 14.1. The first-order valence-electron chi connectivity index (χ1n) is 6.86. The van der Waals surface area contributed by atoms with Gasteiger partial charge in [-0.05, 0) is 59.7 Å². The van der Waals surface area contributed by atoms with Gasteiger partial charge in [0.05, 0.1) is 0 Å². The zero-order valence-corrected chi connectivity index (χ0v) is 13.9. The van der Waals surface area contributed by atoms with E-state index in [4.69, 9.17) is 10.8 Å². The van der Waals surface area contributed by atoms with Crippen molar-refractivity contribution in [3.8, 4) is 0 Å². The van der Waals surface area contributed by atoms with E-state index in [-0.39, 0.29) is 11.9 Å². The van der Waals surface area contributed by atoms with Gasteiger partial charge >= 0.3 is 12.1 Å². The van der Waals surface area contributed by atoms with Crippen LogP contribution in [0, 0.1) is 3.57 Å². The summed E-state index contributed by atoms with van der Waals surface area (Å²) in [5, 5.41) is 9.08. The Labute approximate surface area is 140 Å². The van der Waals surface area contributed by atoms with Crippen LogP contribution in [0.2, 0.25) is 0 Å². The number of urea groups is 1. The Balaban J connectivity index is 1.94. The Bertz CT molecular complexity index is 651. The first-order chi connectivity index (χ1) is 10.4. The highest BCUT2D eigenvalue weighted by Crippen LogP contribution is 2.38. The number of aliphatic imine (C=N–C) groups is 1. The number of hydrogen-bond acceptors (Lipinski definition) is 3. The van der Waals surface area contributed by atoms with E-state index in [1.165, 1.54) is 4.90 Å². The summed E-state index contributed by atoms with van der Waals surface area (Å²) in [5.74, 6) is 0.279. The predicted molar refractivity (Wildman–Crippen MR) is 90.2 cm³/mol. The van der Waals surface area contributed by atoms with Crippen molar-refractivity contribution in [2.24, 2.45) is 10.7 Å². The molecule has 0 unspecified atom stereocenters. The van der Waals surface area contributed by atoms with Gasteiger partial charge in [-0.1, -0.05) is 0 Å². The maximum Gasteiger partial charge on any atom is 0.407 e. The number of amides is 3. The smallest absolute Gasteiger partial charge is 0.407 e. The lowest BCUT2D eigenvalue weighted by Gasteiger charge is -2.43. The molecule has 2 aliphatic rings. The van der Waals surface area contributed by atoms with Gasteiger partial charge in [-0.2, -0.15) is 4.99 Å². The average Bonchev–Trinajstić information content (AvgIpc) is 2.72. The molecular weight excluding hydrogens is 399 g/mol. The molecule has 0 bridgehead atoms. The molecule has 1 fully saturated rings. The van der Waals surface area contributed by atoms with Gasteiger partial charge in [-0.25, -0.2) is 9.59 Å². The van der Waals surface area contributed by atoms with Crippen molar-refractivity contribution in [1.82, 2.24) is 4.90 Å². The largest absolute Gasteiger partial charge is 0.465 e. The third-order valence-electron chi connectivity index (χ3n) is 4.26. The quantitative estimate of drug-likeness (QED) is 0.688. The molecule has 1 aromatic carbocycles. The van der Waals surface area contributed by atoms with E-state index in [9.17, 15) is 9.59 Å². The molecule has 0 atom stereocenters. The molecule has 2 heterocycles. The van der Waals surface area contributed by atoms with Crippen LogP contribution in [0.3, 0.4) is 0 Å². The van der Waals surface area contributed by atoms with Crippen molar-refractivity contribution >= 4 is 46.2 Å². The van der Waals surface area contributed by atoms with E-state index >= 15 is 0 Å². The fraction of sp³-hybridized carbons (Fsp3) is 0.357. The van der Waals surface area contributed by atoms with Crippen molar-refractivity contribution in [1.29, 1.82) is 0 Å². The number of rotatable bonds is 1. The Morgan fingerprint density at radius 2 is 1.86 bits per heavy atom. The van der Waals surface area contributed by atoms with Crippen molar-refractivity contribution in [3.05, 3.63) is 27.8 Å². The number of amidine groups is 1. The Kier molecular flexibility index (Phi) is 3.71. The number of nitrogens with two attached hydrogens (primary N) is 1. The van der Waals surface area contributed by atoms with Gasteiger partial charge in [0.25, 0.3) is 0 Å². The van der Waals surface area contributed by atoms with Crippen molar-refractivity contribution in [3.63, 3.8) is 0 Å². The van der Waals surface area contributed by atoms with Gasteiger partial charge in [0.15, 0.2) is 0 Å². The van der Waals surface area contributed by atoms with E-state index in [2.05, 4.69) is 27.6 Å². The lowest BCUT2D eigenvalue weighted by molar-refractivity contribution is 0.127. The first kappa shape index (κ1) is 15.1. The maximum absolute atomic E-state index is 12.3. The minimum absolute atomic E-state index is 0.279. The highest BCUT2D eigenvalue weighted by Gasteiger charge is 2.51. The normalized spacial score (nSPS) is 20.4. The van der Waals surface area contributed by atoms with Crippen LogP contribution in [0.15, 0.2) is 29.3 Å². The van der Waals surface area contributed by atoms with Gasteiger partial charge in [0.1, 0.15) is 11.4 Å². The Morgan fingerprint density at radius 1 is 1.27 bits per heavy atom. The van der Waals surface area contributed by atoms with E-state index in [1.807, 2.05) is 24.3 Å². The number of benzene rings is 1. The zero-order chi connectivity index (χ0) is 15.9. The molecule has 2 aliphatic heterocycles. The van der Waals surface area contributed by atoms with Gasteiger partial charge in [0.2, 0.25) is 0 Å². The molecule has 0 aromatic heterocycles. The number of carbonyl (C=O) groups is 2. The molecule has 3 N–H and O–H groups in total. The fourth-order valence-electron chi connectivity index (χ4n) is 3.05. The van der Waals surface area contributed by atoms with Crippen LogP contribution < -0.4 is 10.6 Å². The Hall–Kier alpha value is -1.84. The third kappa shape index (κ3) is 2.31. The minimum Gasteiger partial charge on any atom is -0.465 e. The van der Waals surface area contributed by atoms with Gasteiger partial charge < -0.3 is 15.7 Å². The van der Waals surface area contributed by atoms with Crippen LogP contribution in [0.1, 0.15) is 12.8 Å². The van der Waals surface area contributed by atoms with Crippen LogP contribution in [0.25, 0.3) is 0 Å². The summed E-state index contributed by atoms with van der Waals surface area (Å²) < 4.78 is 1.07. The number of carboxylic acid groups (broad SMARTS) is 1. The number of likely N-dealkylation sites (tertiary alicyclic amines) is 1. The summed E-state index contributed by atoms with van der Waals surface area (Å²) in [6, 6.07) is 7.16. The van der Waals surface area contributed by atoms with Crippen LogP contribution in [0.5, 0.6) is 0 Å². The molecular formula is C14H15IN4O3. The molecule has 22 heavy (non-hydrogen) atoms. The second-order valence-corrected chi connectivity index (χ2v) is 6.64. The van der Waals surface area contributed by atoms with Crippen LogP contribution in [-0.2, 0) is 0 Å². The summed E-state index contributed by atoms with van der Waals surface area (Å²) in [4.78, 5) is 30.2. The summed E-state index contributed by atoms with van der Waals surface area (Å²) in [5.41, 5.74) is 6.06.